The van der Waals surface area contributed by atoms with Crippen molar-refractivity contribution in [2.75, 3.05) is 0 Å². The van der Waals surface area contributed by atoms with Crippen LogP contribution < -0.4 is 0 Å². The van der Waals surface area contributed by atoms with Gasteiger partial charge in [-0.25, -0.2) is 0 Å². The second-order valence-corrected chi connectivity index (χ2v) is 3.77. The molecule has 8 heavy (non-hydrogen) atoms. The minimum atomic E-state index is -4.88. The van der Waals surface area contributed by atoms with Crippen LogP contribution in [-0.4, -0.2) is 23.7 Å². The molecule has 0 bridgehead atoms. The molecule has 4 nitrogen and oxygen atoms in total. The summed E-state index contributed by atoms with van der Waals surface area (Å²) in [4.78, 5) is 0. The molecular formula is C3H8O4Se. The predicted octanol–water partition coefficient (Wildman–Crippen LogP) is -0.300. The summed E-state index contributed by atoms with van der Waals surface area (Å²) >= 11 is -4.88. The van der Waals surface area contributed by atoms with E-state index >= 15 is 0 Å². The Labute approximate surface area is 49.7 Å². The van der Waals surface area contributed by atoms with Gasteiger partial charge >= 0.3 is 49.0 Å². The predicted molar refractivity (Wildman–Crippen MR) is 25.6 cm³/mol. The summed E-state index contributed by atoms with van der Waals surface area (Å²) in [5, 5.41) is 0. The molecule has 1 N–H and O–H groups in total. The molecule has 0 spiro atoms. The quantitative estimate of drug-likeness (QED) is 0.603. The Balaban J connectivity index is 3.75. The van der Waals surface area contributed by atoms with Gasteiger partial charge in [0, 0.05) is 0 Å². The van der Waals surface area contributed by atoms with Crippen molar-refractivity contribution >= 4 is 13.4 Å². The van der Waals surface area contributed by atoms with Crippen molar-refractivity contribution in [3.63, 3.8) is 0 Å². The third-order valence-corrected chi connectivity index (χ3v) is 1.63. The molecule has 0 radical (unpaired) electrons. The van der Waals surface area contributed by atoms with Crippen LogP contribution in [0.5, 0.6) is 0 Å². The first-order valence-corrected chi connectivity index (χ1v) is 4.94. The Morgan fingerprint density at radius 1 is 1.50 bits per heavy atom. The molecule has 0 amide bonds. The first-order valence-electron chi connectivity index (χ1n) is 2.07. The summed E-state index contributed by atoms with van der Waals surface area (Å²) in [7, 11) is 0. The van der Waals surface area contributed by atoms with Gasteiger partial charge in [-0.15, -0.1) is 0 Å². The van der Waals surface area contributed by atoms with Crippen molar-refractivity contribution in [3.8, 4) is 0 Å². The van der Waals surface area contributed by atoms with Crippen molar-refractivity contribution in [1.82, 2.24) is 0 Å². The van der Waals surface area contributed by atoms with Crippen LogP contribution in [0.25, 0.3) is 0 Å². The first kappa shape index (κ1) is 8.04. The Bertz CT molecular complexity index is 145. The van der Waals surface area contributed by atoms with Crippen LogP contribution in [0.15, 0.2) is 0 Å². The van der Waals surface area contributed by atoms with Crippen molar-refractivity contribution in [2.24, 2.45) is 0 Å². The summed E-state index contributed by atoms with van der Waals surface area (Å²) in [6.07, 6.45) is -0.463. The first-order chi connectivity index (χ1) is 3.42. The van der Waals surface area contributed by atoms with Crippen LogP contribution in [0.4, 0.5) is 0 Å². The third kappa shape index (κ3) is 6.04. The van der Waals surface area contributed by atoms with Gasteiger partial charge in [-0.2, -0.15) is 0 Å². The average molecular weight is 187 g/mol. The molecule has 0 aromatic heterocycles. The molecule has 0 saturated carbocycles. The maximum absolute atomic E-state index is 9.85. The molecule has 0 fully saturated rings. The molecule has 0 aromatic carbocycles. The van der Waals surface area contributed by atoms with Crippen molar-refractivity contribution < 1.29 is 15.7 Å². The summed E-state index contributed by atoms with van der Waals surface area (Å²) in [6, 6.07) is 0. The second kappa shape index (κ2) is 2.55. The molecule has 0 unspecified atom stereocenters. The van der Waals surface area contributed by atoms with Gasteiger partial charge in [0.25, 0.3) is 0 Å². The average Bonchev–Trinajstić information content (AvgIpc) is 1.21. The van der Waals surface area contributed by atoms with Gasteiger partial charge in [0.05, 0.1) is 0 Å². The Kier molecular flexibility index (Phi) is 2.56. The summed E-state index contributed by atoms with van der Waals surface area (Å²) in [5.74, 6) is 0. The summed E-state index contributed by atoms with van der Waals surface area (Å²) in [6.45, 7) is 3.05. The SMILES string of the molecule is CC(C)O[Se](=O)(=O)O. The van der Waals surface area contributed by atoms with E-state index in [4.69, 9.17) is 4.19 Å². The van der Waals surface area contributed by atoms with E-state index in [1.54, 1.807) is 0 Å². The fraction of sp³-hybridized carbons (Fsp3) is 1.00. The summed E-state index contributed by atoms with van der Waals surface area (Å²) in [5.41, 5.74) is 0. The van der Waals surface area contributed by atoms with E-state index in [1.807, 2.05) is 0 Å². The number of hydrogen-bond donors (Lipinski definition) is 1. The van der Waals surface area contributed by atoms with Gasteiger partial charge in [0.15, 0.2) is 0 Å². The molecule has 0 aliphatic heterocycles. The molecule has 0 rings (SSSR count). The third-order valence-electron chi connectivity index (χ3n) is 0.314. The molecule has 0 aromatic rings. The standard InChI is InChI=1S/C3H8O4Se/c1-3(2)7-8(4,5)6/h3H,1-2H3,(H,4,5,6). The molecule has 0 heterocycles. The van der Waals surface area contributed by atoms with E-state index in [2.05, 4.69) is 3.82 Å². The van der Waals surface area contributed by atoms with Crippen LogP contribution in [0.2, 0.25) is 0 Å². The van der Waals surface area contributed by atoms with Gasteiger partial charge in [0.2, 0.25) is 0 Å². The van der Waals surface area contributed by atoms with E-state index < -0.39 is 19.5 Å². The van der Waals surface area contributed by atoms with Crippen LogP contribution >= 0.6 is 0 Å². The van der Waals surface area contributed by atoms with E-state index in [9.17, 15) is 7.67 Å². The Morgan fingerprint density at radius 2 is 1.88 bits per heavy atom. The molecule has 0 saturated heterocycles. The topological polar surface area (TPSA) is 63.6 Å². The molecule has 0 aliphatic rings. The zero-order valence-corrected chi connectivity index (χ0v) is 6.37. The number of rotatable bonds is 2. The molecule has 0 atom stereocenters. The van der Waals surface area contributed by atoms with Crippen LogP contribution in [0, 0.1) is 0 Å². The van der Waals surface area contributed by atoms with Crippen molar-refractivity contribution in [2.45, 2.75) is 20.0 Å². The van der Waals surface area contributed by atoms with Gasteiger partial charge in [-0.3, -0.25) is 0 Å². The molecule has 5 heteroatoms. The van der Waals surface area contributed by atoms with E-state index in [0.717, 1.165) is 0 Å². The normalized spacial score (nSPS) is 12.5. The zero-order chi connectivity index (χ0) is 6.78. The summed E-state index contributed by atoms with van der Waals surface area (Å²) < 4.78 is 31.7. The van der Waals surface area contributed by atoms with Crippen LogP contribution in [0.1, 0.15) is 13.8 Å². The molecule has 0 aliphatic carbocycles. The van der Waals surface area contributed by atoms with E-state index in [1.165, 1.54) is 13.8 Å². The molecule has 50 valence electrons. The fourth-order valence-corrected chi connectivity index (χ4v) is 1.26. The zero-order valence-electron chi connectivity index (χ0n) is 4.66. The van der Waals surface area contributed by atoms with Crippen molar-refractivity contribution in [3.05, 3.63) is 0 Å². The minimum absolute atomic E-state index is 0.463. The maximum atomic E-state index is 9.85. The monoisotopic (exact) mass is 188 g/mol. The second-order valence-electron chi connectivity index (χ2n) is 1.57. The van der Waals surface area contributed by atoms with Gasteiger partial charge in [-0.1, -0.05) is 0 Å². The van der Waals surface area contributed by atoms with E-state index in [0.29, 0.717) is 0 Å². The molecular weight excluding hydrogens is 179 g/mol. The van der Waals surface area contributed by atoms with Crippen LogP contribution in [0.3, 0.4) is 0 Å². The number of hydrogen-bond acceptors (Lipinski definition) is 3. The van der Waals surface area contributed by atoms with Gasteiger partial charge < -0.3 is 0 Å². The Morgan fingerprint density at radius 3 is 1.88 bits per heavy atom. The van der Waals surface area contributed by atoms with E-state index in [-0.39, 0.29) is 0 Å². The van der Waals surface area contributed by atoms with Gasteiger partial charge in [-0.05, 0) is 0 Å². The van der Waals surface area contributed by atoms with Crippen LogP contribution in [-0.2, 0) is 11.5 Å². The Hall–Kier alpha value is 0.0395. The van der Waals surface area contributed by atoms with Crippen molar-refractivity contribution in [1.29, 1.82) is 0 Å². The fourth-order valence-electron chi connectivity index (χ4n) is 0.243. The van der Waals surface area contributed by atoms with Gasteiger partial charge in [0.1, 0.15) is 0 Å².